The van der Waals surface area contributed by atoms with E-state index < -0.39 is 23.2 Å². The number of rotatable bonds is 5. The van der Waals surface area contributed by atoms with E-state index in [9.17, 15) is 24.6 Å². The largest absolute Gasteiger partial charge is 0.458 e. The number of carbonyl (C=O) groups excluding carboxylic acids is 2. The fourth-order valence-electron chi connectivity index (χ4n) is 6.60. The van der Waals surface area contributed by atoms with Crippen LogP contribution in [0, 0.1) is 12.7 Å². The molecule has 6 rings (SSSR count). The quantitative estimate of drug-likeness (QED) is 0.326. The van der Waals surface area contributed by atoms with E-state index in [1.54, 1.807) is 31.4 Å². The smallest absolute Gasteiger partial charge is 0.343 e. The highest BCUT2D eigenvalue weighted by Crippen LogP contribution is 2.46. The number of benzene rings is 1. The molecule has 1 aromatic carbocycles. The fourth-order valence-corrected chi connectivity index (χ4v) is 6.60. The van der Waals surface area contributed by atoms with Gasteiger partial charge in [0, 0.05) is 22.6 Å². The van der Waals surface area contributed by atoms with Crippen molar-refractivity contribution >= 4 is 22.8 Å². The molecule has 2 aromatic heterocycles. The zero-order valence-electron chi connectivity index (χ0n) is 23.0. The number of fused-ring (bicyclic) bond motifs is 5. The second-order valence-corrected chi connectivity index (χ2v) is 11.9. The summed E-state index contributed by atoms with van der Waals surface area (Å²) >= 11 is 0. The Kier molecular flexibility index (Phi) is 5.94. The molecule has 1 aliphatic carbocycles. The standard InChI is InChI=1S/C30H32FN3O6/c1-5-8-30(39)18-9-22-26-16(12-34(22)27(36)17(18)13-40-28(30)37)25-20(32-23(35)11-29(3,4)38)7-6-15-14(2)19(31)10-21(33-26)24(15)25/h9-10,20,38-39H,5-8,11-13H2,1-4H3,(H,32,35)/t20-,30-/m0/s1. The van der Waals surface area contributed by atoms with E-state index in [0.29, 0.717) is 41.7 Å². The van der Waals surface area contributed by atoms with Gasteiger partial charge in [0.05, 0.1) is 47.1 Å². The van der Waals surface area contributed by atoms with Crippen LogP contribution in [0.1, 0.15) is 85.9 Å². The Labute approximate surface area is 230 Å². The lowest BCUT2D eigenvalue weighted by molar-refractivity contribution is -0.172. The van der Waals surface area contributed by atoms with Crippen molar-refractivity contribution in [3.8, 4) is 11.4 Å². The highest BCUT2D eigenvalue weighted by atomic mass is 19.1. The molecule has 0 spiro atoms. The normalized spacial score (nSPS) is 21.1. The molecule has 9 nitrogen and oxygen atoms in total. The van der Waals surface area contributed by atoms with Gasteiger partial charge in [0.15, 0.2) is 5.60 Å². The number of halogens is 1. The lowest BCUT2D eigenvalue weighted by Gasteiger charge is -2.32. The van der Waals surface area contributed by atoms with Crippen LogP contribution < -0.4 is 10.9 Å². The zero-order chi connectivity index (χ0) is 28.7. The Morgan fingerprint density at radius 2 is 2.02 bits per heavy atom. The van der Waals surface area contributed by atoms with Gasteiger partial charge in [-0.15, -0.1) is 0 Å². The van der Waals surface area contributed by atoms with E-state index in [-0.39, 0.29) is 54.4 Å². The van der Waals surface area contributed by atoms with E-state index in [1.165, 1.54) is 6.07 Å². The first-order chi connectivity index (χ1) is 18.8. The fraction of sp³-hybridized carbons (Fsp3) is 0.467. The lowest BCUT2D eigenvalue weighted by atomic mass is 9.81. The van der Waals surface area contributed by atoms with Crippen molar-refractivity contribution in [3.63, 3.8) is 0 Å². The molecular weight excluding hydrogens is 517 g/mol. The van der Waals surface area contributed by atoms with Crippen molar-refractivity contribution in [2.45, 2.75) is 90.2 Å². The van der Waals surface area contributed by atoms with Gasteiger partial charge in [-0.25, -0.2) is 14.2 Å². The number of aryl methyl sites for hydroxylation is 1. The van der Waals surface area contributed by atoms with Gasteiger partial charge in [-0.2, -0.15) is 0 Å². The average molecular weight is 550 g/mol. The summed E-state index contributed by atoms with van der Waals surface area (Å²) in [6.45, 7) is 6.62. The molecule has 2 aliphatic heterocycles. The first-order valence-electron chi connectivity index (χ1n) is 13.7. The molecule has 3 aliphatic rings. The number of nitrogens with one attached hydrogen (secondary N) is 1. The van der Waals surface area contributed by atoms with Crippen molar-refractivity contribution in [2.75, 3.05) is 0 Å². The lowest BCUT2D eigenvalue weighted by Crippen LogP contribution is -2.44. The van der Waals surface area contributed by atoms with Gasteiger partial charge in [-0.05, 0) is 62.8 Å². The number of amides is 1. The van der Waals surface area contributed by atoms with Gasteiger partial charge in [-0.1, -0.05) is 13.3 Å². The second kappa shape index (κ2) is 8.94. The number of ether oxygens (including phenoxy) is 1. The molecule has 0 fully saturated rings. The molecule has 40 heavy (non-hydrogen) atoms. The summed E-state index contributed by atoms with van der Waals surface area (Å²) in [7, 11) is 0. The van der Waals surface area contributed by atoms with Gasteiger partial charge in [0.25, 0.3) is 5.56 Å². The molecule has 210 valence electrons. The predicted molar refractivity (Wildman–Crippen MR) is 144 cm³/mol. The Morgan fingerprint density at radius 3 is 2.73 bits per heavy atom. The van der Waals surface area contributed by atoms with Gasteiger partial charge in [0.1, 0.15) is 12.4 Å². The number of cyclic esters (lactones) is 1. The number of hydrogen-bond acceptors (Lipinski definition) is 7. The average Bonchev–Trinajstić information content (AvgIpc) is 3.23. The van der Waals surface area contributed by atoms with Gasteiger partial charge < -0.3 is 24.8 Å². The predicted octanol–water partition coefficient (Wildman–Crippen LogP) is 3.18. The van der Waals surface area contributed by atoms with Crippen LogP contribution in [0.2, 0.25) is 0 Å². The van der Waals surface area contributed by atoms with Crippen LogP contribution in [0.3, 0.4) is 0 Å². The molecule has 2 atom stereocenters. The summed E-state index contributed by atoms with van der Waals surface area (Å²) in [5.41, 5.74) is 1.09. The molecule has 0 unspecified atom stereocenters. The number of aliphatic hydroxyl groups is 2. The molecule has 0 radical (unpaired) electrons. The molecule has 0 saturated carbocycles. The number of nitrogens with zero attached hydrogens (tertiary/aromatic N) is 2. The number of esters is 1. The Bertz CT molecular complexity index is 1690. The minimum Gasteiger partial charge on any atom is -0.458 e. The summed E-state index contributed by atoms with van der Waals surface area (Å²) in [6, 6.07) is 2.58. The van der Waals surface area contributed by atoms with E-state index in [4.69, 9.17) is 9.72 Å². The topological polar surface area (TPSA) is 131 Å². The first kappa shape index (κ1) is 26.6. The van der Waals surface area contributed by atoms with Crippen molar-refractivity contribution in [1.82, 2.24) is 14.9 Å². The SMILES string of the molecule is CCC[C@@]1(O)C(=O)OCc2c1cc1n(c2=O)Cc2c-1nc1cc(F)c(C)c3c1c2[C@@H](NC(=O)CC(C)(C)O)CC3. The van der Waals surface area contributed by atoms with Gasteiger partial charge >= 0.3 is 5.97 Å². The number of hydrogen-bond donors (Lipinski definition) is 3. The van der Waals surface area contributed by atoms with Crippen molar-refractivity contribution in [3.05, 3.63) is 61.7 Å². The third-order valence-corrected chi connectivity index (χ3v) is 8.41. The number of pyridine rings is 2. The van der Waals surface area contributed by atoms with E-state index >= 15 is 4.39 Å². The third kappa shape index (κ3) is 3.88. The van der Waals surface area contributed by atoms with Crippen molar-refractivity contribution in [1.29, 1.82) is 0 Å². The summed E-state index contributed by atoms with van der Waals surface area (Å²) in [5, 5.41) is 25.4. The Morgan fingerprint density at radius 1 is 1.27 bits per heavy atom. The highest BCUT2D eigenvalue weighted by Gasteiger charge is 2.46. The van der Waals surface area contributed by atoms with Crippen molar-refractivity contribution in [2.24, 2.45) is 0 Å². The molecule has 3 N–H and O–H groups in total. The van der Waals surface area contributed by atoms with Gasteiger partial charge in [0.2, 0.25) is 5.91 Å². The minimum atomic E-state index is -1.95. The monoisotopic (exact) mass is 549 g/mol. The summed E-state index contributed by atoms with van der Waals surface area (Å²) in [4.78, 5) is 44.2. The molecule has 4 heterocycles. The van der Waals surface area contributed by atoms with E-state index in [1.807, 2.05) is 6.92 Å². The molecule has 3 aromatic rings. The molecule has 1 amide bonds. The third-order valence-electron chi connectivity index (χ3n) is 8.41. The summed E-state index contributed by atoms with van der Waals surface area (Å²) < 4.78 is 21.8. The molecular formula is C30H32FN3O6. The second-order valence-electron chi connectivity index (χ2n) is 11.9. The van der Waals surface area contributed by atoms with Gasteiger partial charge in [-0.3, -0.25) is 9.59 Å². The first-order valence-corrected chi connectivity index (χ1v) is 13.7. The maximum atomic E-state index is 15.0. The van der Waals surface area contributed by atoms with Crippen LogP contribution in [0.4, 0.5) is 4.39 Å². The van der Waals surface area contributed by atoms with Crippen molar-refractivity contribution < 1.29 is 28.9 Å². The van der Waals surface area contributed by atoms with Crippen LogP contribution in [-0.4, -0.2) is 37.2 Å². The highest BCUT2D eigenvalue weighted by molar-refractivity contribution is 5.94. The summed E-state index contributed by atoms with van der Waals surface area (Å²) in [5.74, 6) is -1.49. The van der Waals surface area contributed by atoms with Crippen LogP contribution in [0.5, 0.6) is 0 Å². The van der Waals surface area contributed by atoms with Crippen LogP contribution in [0.25, 0.3) is 22.3 Å². The van der Waals surface area contributed by atoms with E-state index in [0.717, 1.165) is 22.1 Å². The van der Waals surface area contributed by atoms with Crippen LogP contribution >= 0.6 is 0 Å². The Balaban J connectivity index is 1.59. The maximum absolute atomic E-state index is 15.0. The molecule has 0 saturated heterocycles. The van der Waals surface area contributed by atoms with Crippen LogP contribution in [0.15, 0.2) is 16.9 Å². The summed E-state index contributed by atoms with van der Waals surface area (Å²) in [6.07, 6.45) is 1.53. The minimum absolute atomic E-state index is 0.0914. The zero-order valence-corrected chi connectivity index (χ0v) is 23.0. The Hall–Kier alpha value is -3.63. The molecule has 0 bridgehead atoms. The molecule has 10 heteroatoms. The van der Waals surface area contributed by atoms with Crippen LogP contribution in [-0.2, 0) is 39.5 Å². The number of carbonyl (C=O) groups is 2. The van der Waals surface area contributed by atoms with E-state index in [2.05, 4.69) is 5.32 Å². The maximum Gasteiger partial charge on any atom is 0.343 e. The number of aromatic nitrogens is 2.